The lowest BCUT2D eigenvalue weighted by Gasteiger charge is -2.22. The number of primary amides is 1. The van der Waals surface area contributed by atoms with E-state index in [2.05, 4.69) is 5.32 Å². The Morgan fingerprint density at radius 1 is 1.17 bits per heavy atom. The maximum atomic E-state index is 11.7. The Morgan fingerprint density at radius 3 is 2.17 bits per heavy atom. The number of nitrogens with one attached hydrogen (secondary N) is 1. The summed E-state index contributed by atoms with van der Waals surface area (Å²) in [5.74, 6) is -0.684. The Balaban J connectivity index is 2.71. The Bertz CT molecular complexity index is 575. The molecule has 7 nitrogen and oxygen atoms in total. The summed E-state index contributed by atoms with van der Waals surface area (Å²) in [5, 5.41) is 2.45. The van der Waals surface area contributed by atoms with Gasteiger partial charge in [0.15, 0.2) is 0 Å². The molecule has 0 saturated carbocycles. The van der Waals surface area contributed by atoms with E-state index in [4.69, 9.17) is 15.2 Å². The molecular formula is C16H22N2O5. The number of ether oxygens (including phenoxy) is 2. The average Bonchev–Trinajstić information content (AvgIpc) is 2.37. The second-order valence-corrected chi connectivity index (χ2v) is 6.04. The van der Waals surface area contributed by atoms with Crippen molar-refractivity contribution in [1.29, 1.82) is 0 Å². The smallest absolute Gasteiger partial charge is 0.408 e. The molecule has 1 aromatic carbocycles. The van der Waals surface area contributed by atoms with Crippen molar-refractivity contribution in [2.24, 2.45) is 5.73 Å². The molecule has 0 aliphatic rings. The van der Waals surface area contributed by atoms with Crippen LogP contribution < -0.4 is 15.8 Å². The standard InChI is InChI=1S/C16H22N2O5/c1-10(19)22-12-7-5-11(6-8-12)9-13(14(17)20)18-15(21)23-16(2,3)4/h5-8,13H,9H2,1-4H3,(H2,17,20)(H,18,21). The number of hydrogen-bond donors (Lipinski definition) is 2. The third-order valence-corrected chi connectivity index (χ3v) is 2.66. The highest BCUT2D eigenvalue weighted by Crippen LogP contribution is 2.14. The summed E-state index contributed by atoms with van der Waals surface area (Å²) in [6.07, 6.45) is -0.507. The van der Waals surface area contributed by atoms with Crippen LogP contribution in [0, 0.1) is 0 Å². The van der Waals surface area contributed by atoms with E-state index in [1.54, 1.807) is 45.0 Å². The van der Waals surface area contributed by atoms with Crippen molar-refractivity contribution in [1.82, 2.24) is 5.32 Å². The van der Waals surface area contributed by atoms with E-state index in [1.807, 2.05) is 0 Å². The van der Waals surface area contributed by atoms with Crippen molar-refractivity contribution in [3.8, 4) is 5.75 Å². The maximum absolute atomic E-state index is 11.7. The number of rotatable bonds is 5. The van der Waals surface area contributed by atoms with Crippen LogP contribution in [0.5, 0.6) is 5.75 Å². The molecule has 1 aromatic rings. The van der Waals surface area contributed by atoms with E-state index in [1.165, 1.54) is 6.92 Å². The van der Waals surface area contributed by atoms with E-state index in [9.17, 15) is 14.4 Å². The van der Waals surface area contributed by atoms with Gasteiger partial charge in [-0.3, -0.25) is 9.59 Å². The van der Waals surface area contributed by atoms with Gasteiger partial charge in [-0.1, -0.05) is 12.1 Å². The second kappa shape index (κ2) is 7.62. The molecule has 0 aromatic heterocycles. The molecule has 0 saturated heterocycles. The largest absolute Gasteiger partial charge is 0.444 e. The lowest BCUT2D eigenvalue weighted by molar-refractivity contribution is -0.131. The molecule has 0 aliphatic heterocycles. The molecule has 1 atom stereocenters. The highest BCUT2D eigenvalue weighted by Gasteiger charge is 2.23. The van der Waals surface area contributed by atoms with Crippen molar-refractivity contribution >= 4 is 18.0 Å². The molecule has 2 amide bonds. The molecule has 126 valence electrons. The predicted octanol–water partition coefficient (Wildman–Crippen LogP) is 1.53. The highest BCUT2D eigenvalue weighted by atomic mass is 16.6. The molecular weight excluding hydrogens is 300 g/mol. The van der Waals surface area contributed by atoms with Crippen LogP contribution in [0.4, 0.5) is 4.79 Å². The van der Waals surface area contributed by atoms with Gasteiger partial charge in [-0.05, 0) is 38.5 Å². The Hall–Kier alpha value is -2.57. The summed E-state index contributed by atoms with van der Waals surface area (Å²) < 4.78 is 10.0. The Morgan fingerprint density at radius 2 is 1.74 bits per heavy atom. The SMILES string of the molecule is CC(=O)Oc1ccc(CC(NC(=O)OC(C)(C)C)C(N)=O)cc1. The summed E-state index contributed by atoms with van der Waals surface area (Å²) in [4.78, 5) is 34.1. The maximum Gasteiger partial charge on any atom is 0.408 e. The molecule has 0 radical (unpaired) electrons. The van der Waals surface area contributed by atoms with Crippen molar-refractivity contribution in [3.63, 3.8) is 0 Å². The number of amides is 2. The number of carbonyl (C=O) groups is 3. The van der Waals surface area contributed by atoms with Gasteiger partial charge in [0, 0.05) is 13.3 Å². The van der Waals surface area contributed by atoms with Gasteiger partial charge in [-0.2, -0.15) is 0 Å². The molecule has 1 unspecified atom stereocenters. The first-order valence-electron chi connectivity index (χ1n) is 7.13. The van der Waals surface area contributed by atoms with Crippen molar-refractivity contribution in [2.45, 2.75) is 45.8 Å². The van der Waals surface area contributed by atoms with Gasteiger partial charge in [0.05, 0.1) is 0 Å². The van der Waals surface area contributed by atoms with Gasteiger partial charge >= 0.3 is 12.1 Å². The number of esters is 1. The summed E-state index contributed by atoms with van der Waals surface area (Å²) in [6.45, 7) is 6.47. The summed E-state index contributed by atoms with van der Waals surface area (Å²) in [6, 6.07) is 5.67. The number of alkyl carbamates (subject to hydrolysis) is 1. The zero-order chi connectivity index (χ0) is 17.6. The molecule has 0 heterocycles. The Kier molecular flexibility index (Phi) is 6.12. The minimum absolute atomic E-state index is 0.203. The third kappa shape index (κ3) is 7.30. The summed E-state index contributed by atoms with van der Waals surface area (Å²) in [7, 11) is 0. The van der Waals surface area contributed by atoms with E-state index >= 15 is 0 Å². The number of nitrogens with two attached hydrogens (primary N) is 1. The molecule has 7 heteroatoms. The minimum atomic E-state index is -0.899. The van der Waals surface area contributed by atoms with Crippen LogP contribution in [0.15, 0.2) is 24.3 Å². The van der Waals surface area contributed by atoms with Gasteiger partial charge in [0.25, 0.3) is 0 Å². The molecule has 0 bridgehead atoms. The number of benzene rings is 1. The van der Waals surface area contributed by atoms with Crippen LogP contribution in [0.1, 0.15) is 33.3 Å². The fourth-order valence-corrected chi connectivity index (χ4v) is 1.77. The topological polar surface area (TPSA) is 108 Å². The summed E-state index contributed by atoms with van der Waals surface area (Å²) >= 11 is 0. The monoisotopic (exact) mass is 322 g/mol. The molecule has 0 aliphatic carbocycles. The van der Waals surface area contributed by atoms with Crippen molar-refractivity contribution < 1.29 is 23.9 Å². The van der Waals surface area contributed by atoms with E-state index in [0.717, 1.165) is 5.56 Å². The second-order valence-electron chi connectivity index (χ2n) is 6.04. The summed E-state index contributed by atoms with van der Waals surface area (Å²) in [5.41, 5.74) is 5.40. The Labute approximate surface area is 135 Å². The van der Waals surface area contributed by atoms with Gasteiger partial charge in [-0.15, -0.1) is 0 Å². The fraction of sp³-hybridized carbons (Fsp3) is 0.438. The number of carbonyl (C=O) groups excluding carboxylic acids is 3. The van der Waals surface area contributed by atoms with E-state index < -0.39 is 29.6 Å². The first-order chi connectivity index (χ1) is 10.6. The molecule has 0 fully saturated rings. The van der Waals surface area contributed by atoms with Crippen LogP contribution >= 0.6 is 0 Å². The van der Waals surface area contributed by atoms with Crippen LogP contribution in [0.3, 0.4) is 0 Å². The number of hydrogen-bond acceptors (Lipinski definition) is 5. The highest BCUT2D eigenvalue weighted by molar-refractivity contribution is 5.84. The zero-order valence-electron chi connectivity index (χ0n) is 13.7. The van der Waals surface area contributed by atoms with Crippen LogP contribution in [-0.2, 0) is 20.7 Å². The minimum Gasteiger partial charge on any atom is -0.444 e. The van der Waals surface area contributed by atoms with Gasteiger partial charge in [0.1, 0.15) is 17.4 Å². The lowest BCUT2D eigenvalue weighted by Crippen LogP contribution is -2.47. The van der Waals surface area contributed by atoms with E-state index in [0.29, 0.717) is 5.75 Å². The molecule has 0 spiro atoms. The van der Waals surface area contributed by atoms with Gasteiger partial charge in [0.2, 0.25) is 5.91 Å². The van der Waals surface area contributed by atoms with Gasteiger partial charge in [-0.25, -0.2) is 4.79 Å². The predicted molar refractivity (Wildman–Crippen MR) is 83.8 cm³/mol. The normalized spacial score (nSPS) is 12.2. The van der Waals surface area contributed by atoms with Gasteiger partial charge < -0.3 is 20.5 Å². The first kappa shape index (κ1) is 18.5. The van der Waals surface area contributed by atoms with Crippen LogP contribution in [0.25, 0.3) is 0 Å². The zero-order valence-corrected chi connectivity index (χ0v) is 13.7. The average molecular weight is 322 g/mol. The van der Waals surface area contributed by atoms with E-state index in [-0.39, 0.29) is 6.42 Å². The van der Waals surface area contributed by atoms with Crippen LogP contribution in [-0.4, -0.2) is 29.6 Å². The molecule has 1 rings (SSSR count). The molecule has 3 N–H and O–H groups in total. The first-order valence-corrected chi connectivity index (χ1v) is 7.13. The lowest BCUT2D eigenvalue weighted by atomic mass is 10.1. The molecule has 23 heavy (non-hydrogen) atoms. The quantitative estimate of drug-likeness (QED) is 0.631. The third-order valence-electron chi connectivity index (χ3n) is 2.66. The van der Waals surface area contributed by atoms with Crippen molar-refractivity contribution in [3.05, 3.63) is 29.8 Å². The van der Waals surface area contributed by atoms with Crippen molar-refractivity contribution in [2.75, 3.05) is 0 Å². The van der Waals surface area contributed by atoms with Crippen LogP contribution in [0.2, 0.25) is 0 Å². The fourth-order valence-electron chi connectivity index (χ4n) is 1.77.